The van der Waals surface area contributed by atoms with Crippen LogP contribution in [0.25, 0.3) is 0 Å². The molecule has 1 saturated heterocycles. The number of para-hydroxylation sites is 3. The van der Waals surface area contributed by atoms with Gasteiger partial charge in [-0.25, -0.2) is 4.79 Å². The van der Waals surface area contributed by atoms with Gasteiger partial charge in [-0.05, 0) is 31.2 Å². The van der Waals surface area contributed by atoms with E-state index >= 15 is 0 Å². The number of amides is 3. The number of nitriles is 1. The van der Waals surface area contributed by atoms with Gasteiger partial charge in [-0.3, -0.25) is 9.48 Å². The molecule has 10 nitrogen and oxygen atoms in total. The number of anilines is 3. The van der Waals surface area contributed by atoms with E-state index in [-0.39, 0.29) is 31.1 Å². The molecule has 0 radical (unpaired) electrons. The first-order valence-corrected chi connectivity index (χ1v) is 10.8. The van der Waals surface area contributed by atoms with E-state index in [2.05, 4.69) is 21.8 Å². The third-order valence-electron chi connectivity index (χ3n) is 5.60. The van der Waals surface area contributed by atoms with Crippen LogP contribution in [0.3, 0.4) is 0 Å². The average Bonchev–Trinajstić information content (AvgIpc) is 3.22. The molecule has 3 amide bonds. The standard InChI is InChI=1S/C24H25N7O3/c1-2-34-20-11-7-6-10-19(20)28-23(33)30-15-24(16-30,12-13-25)31-14-18(21(26)32)22(29-31)27-17-8-4-3-5-9-17/h3-11,14H,2,12,15-16H2,1H3,(H2,26,32)(H,27,29)(H,28,33). The summed E-state index contributed by atoms with van der Waals surface area (Å²) in [5.41, 5.74) is 6.32. The maximum atomic E-state index is 12.9. The lowest BCUT2D eigenvalue weighted by Crippen LogP contribution is -2.65. The summed E-state index contributed by atoms with van der Waals surface area (Å²) in [4.78, 5) is 26.5. The minimum atomic E-state index is -0.771. The predicted octanol–water partition coefficient (Wildman–Crippen LogP) is 3.28. The van der Waals surface area contributed by atoms with E-state index < -0.39 is 11.4 Å². The fraction of sp³-hybridized carbons (Fsp3) is 0.250. The van der Waals surface area contributed by atoms with Crippen LogP contribution in [0, 0.1) is 11.3 Å². The lowest BCUT2D eigenvalue weighted by atomic mass is 9.87. The number of ether oxygens (including phenoxy) is 1. The summed E-state index contributed by atoms with van der Waals surface area (Å²) in [6, 6.07) is 18.3. The third kappa shape index (κ3) is 4.49. The number of benzene rings is 2. The van der Waals surface area contributed by atoms with E-state index in [0.717, 1.165) is 5.69 Å². The number of carbonyl (C=O) groups is 2. The molecule has 1 aromatic heterocycles. The van der Waals surface area contributed by atoms with Crippen molar-refractivity contribution in [3.63, 3.8) is 0 Å². The monoisotopic (exact) mass is 459 g/mol. The van der Waals surface area contributed by atoms with Crippen LogP contribution in [0.4, 0.5) is 22.0 Å². The molecule has 0 atom stereocenters. The van der Waals surface area contributed by atoms with Gasteiger partial charge < -0.3 is 26.0 Å². The second-order valence-electron chi connectivity index (χ2n) is 7.97. The molecule has 0 unspecified atom stereocenters. The Kier molecular flexibility index (Phi) is 6.36. The van der Waals surface area contributed by atoms with Crippen molar-refractivity contribution in [3.05, 3.63) is 66.4 Å². The summed E-state index contributed by atoms with van der Waals surface area (Å²) in [7, 11) is 0. The van der Waals surface area contributed by atoms with Crippen molar-refractivity contribution >= 4 is 29.1 Å². The highest BCUT2D eigenvalue weighted by molar-refractivity contribution is 5.98. The summed E-state index contributed by atoms with van der Waals surface area (Å²) in [6.07, 6.45) is 1.64. The summed E-state index contributed by atoms with van der Waals surface area (Å²) >= 11 is 0. The fourth-order valence-corrected chi connectivity index (χ4v) is 3.89. The van der Waals surface area contributed by atoms with Gasteiger partial charge in [-0.1, -0.05) is 30.3 Å². The largest absolute Gasteiger partial charge is 0.492 e. The molecule has 4 rings (SSSR count). The van der Waals surface area contributed by atoms with Gasteiger partial charge >= 0.3 is 6.03 Å². The Hall–Kier alpha value is -4.52. The summed E-state index contributed by atoms with van der Waals surface area (Å²) < 4.78 is 7.13. The lowest BCUT2D eigenvalue weighted by molar-refractivity contribution is 0.0400. The van der Waals surface area contributed by atoms with E-state index in [0.29, 0.717) is 23.9 Å². The number of carbonyl (C=O) groups excluding carboxylic acids is 2. The molecule has 3 aromatic rings. The molecule has 2 heterocycles. The van der Waals surface area contributed by atoms with Gasteiger partial charge in [0.05, 0.1) is 37.9 Å². The van der Waals surface area contributed by atoms with Gasteiger partial charge in [0, 0.05) is 11.9 Å². The van der Waals surface area contributed by atoms with Crippen molar-refractivity contribution in [1.82, 2.24) is 14.7 Å². The quantitative estimate of drug-likeness (QED) is 0.473. The number of nitrogens with two attached hydrogens (primary N) is 1. The van der Waals surface area contributed by atoms with Crippen molar-refractivity contribution in [2.45, 2.75) is 18.9 Å². The molecule has 1 fully saturated rings. The van der Waals surface area contributed by atoms with E-state index in [9.17, 15) is 14.9 Å². The van der Waals surface area contributed by atoms with E-state index in [4.69, 9.17) is 10.5 Å². The van der Waals surface area contributed by atoms with Gasteiger partial charge in [-0.15, -0.1) is 0 Å². The second-order valence-corrected chi connectivity index (χ2v) is 7.97. The zero-order valence-corrected chi connectivity index (χ0v) is 18.7. The highest BCUT2D eigenvalue weighted by Gasteiger charge is 2.48. The highest BCUT2D eigenvalue weighted by atomic mass is 16.5. The summed E-state index contributed by atoms with van der Waals surface area (Å²) in [6.45, 7) is 2.83. The number of primary amides is 1. The number of urea groups is 1. The molecular weight excluding hydrogens is 434 g/mol. The Labute approximate surface area is 196 Å². The minimum Gasteiger partial charge on any atom is -0.492 e. The van der Waals surface area contributed by atoms with Crippen LogP contribution in [0.1, 0.15) is 23.7 Å². The zero-order chi connectivity index (χ0) is 24.1. The Morgan fingerprint density at radius 1 is 1.18 bits per heavy atom. The van der Waals surface area contributed by atoms with Crippen LogP contribution in [-0.4, -0.2) is 46.3 Å². The van der Waals surface area contributed by atoms with Crippen LogP contribution in [-0.2, 0) is 5.54 Å². The summed E-state index contributed by atoms with van der Waals surface area (Å²) in [5.74, 6) is 0.236. The van der Waals surface area contributed by atoms with Gasteiger partial charge in [0.2, 0.25) is 0 Å². The predicted molar refractivity (Wildman–Crippen MR) is 127 cm³/mol. The molecule has 0 spiro atoms. The number of rotatable bonds is 8. The van der Waals surface area contributed by atoms with Gasteiger partial charge in [0.1, 0.15) is 16.9 Å². The second kappa shape index (κ2) is 9.54. The molecule has 34 heavy (non-hydrogen) atoms. The molecule has 1 aliphatic rings. The molecule has 4 N–H and O–H groups in total. The fourth-order valence-electron chi connectivity index (χ4n) is 3.89. The third-order valence-corrected chi connectivity index (χ3v) is 5.60. The van der Waals surface area contributed by atoms with Crippen LogP contribution in [0.2, 0.25) is 0 Å². The van der Waals surface area contributed by atoms with Crippen LogP contribution in [0.15, 0.2) is 60.8 Å². The minimum absolute atomic E-state index is 0.108. The van der Waals surface area contributed by atoms with Gasteiger partial charge in [-0.2, -0.15) is 10.4 Å². The topological polar surface area (TPSA) is 138 Å². The Morgan fingerprint density at radius 2 is 1.88 bits per heavy atom. The number of nitrogens with one attached hydrogen (secondary N) is 2. The molecular formula is C24H25N7O3. The van der Waals surface area contributed by atoms with Crippen LogP contribution < -0.4 is 21.1 Å². The average molecular weight is 460 g/mol. The maximum Gasteiger partial charge on any atom is 0.322 e. The zero-order valence-electron chi connectivity index (χ0n) is 18.7. The number of hydrogen-bond acceptors (Lipinski definition) is 6. The Balaban J connectivity index is 1.53. The van der Waals surface area contributed by atoms with Gasteiger partial charge in [0.25, 0.3) is 5.91 Å². The summed E-state index contributed by atoms with van der Waals surface area (Å²) in [5, 5.41) is 20.0. The molecule has 0 bridgehead atoms. The number of hydrogen-bond donors (Lipinski definition) is 3. The number of nitrogens with zero attached hydrogens (tertiary/aromatic N) is 4. The number of aromatic nitrogens is 2. The molecule has 174 valence electrons. The normalized spacial score (nSPS) is 13.9. The van der Waals surface area contributed by atoms with E-state index in [1.54, 1.807) is 21.7 Å². The Bertz CT molecular complexity index is 1230. The molecule has 0 aliphatic carbocycles. The van der Waals surface area contributed by atoms with Crippen molar-refractivity contribution in [1.29, 1.82) is 5.26 Å². The molecule has 0 saturated carbocycles. The van der Waals surface area contributed by atoms with Crippen LogP contribution >= 0.6 is 0 Å². The first-order chi connectivity index (χ1) is 16.5. The molecule has 1 aliphatic heterocycles. The SMILES string of the molecule is CCOc1ccccc1NC(=O)N1CC(CC#N)(n2cc(C(N)=O)c(Nc3ccccc3)n2)C1. The molecule has 10 heteroatoms. The maximum absolute atomic E-state index is 12.9. The highest BCUT2D eigenvalue weighted by Crippen LogP contribution is 2.35. The Morgan fingerprint density at radius 3 is 2.56 bits per heavy atom. The van der Waals surface area contributed by atoms with Crippen molar-refractivity contribution in [3.8, 4) is 11.8 Å². The van der Waals surface area contributed by atoms with Gasteiger partial charge in [0.15, 0.2) is 5.82 Å². The van der Waals surface area contributed by atoms with E-state index in [1.807, 2.05) is 49.4 Å². The first kappa shape index (κ1) is 22.7. The van der Waals surface area contributed by atoms with Crippen molar-refractivity contribution in [2.75, 3.05) is 30.3 Å². The van der Waals surface area contributed by atoms with Crippen LogP contribution in [0.5, 0.6) is 5.75 Å². The van der Waals surface area contributed by atoms with Crippen molar-refractivity contribution < 1.29 is 14.3 Å². The first-order valence-electron chi connectivity index (χ1n) is 10.8. The van der Waals surface area contributed by atoms with Crippen molar-refractivity contribution in [2.24, 2.45) is 5.73 Å². The van der Waals surface area contributed by atoms with E-state index in [1.165, 1.54) is 6.20 Å². The molecule has 2 aromatic carbocycles. The number of likely N-dealkylation sites (tertiary alicyclic amines) is 1. The lowest BCUT2D eigenvalue weighted by Gasteiger charge is -2.48. The smallest absolute Gasteiger partial charge is 0.322 e.